The van der Waals surface area contributed by atoms with Crippen LogP contribution in [0.1, 0.15) is 79.5 Å². The standard InChI is InChI=1S/C18H26N6/c1-12-21-22-17(24(12)13-8-9-13)11-23-10-4-7-16(23)18-19-14-5-2-3-6-15(14)20-18/h13,16H,2-11H2,1H3,(H,19,20)/t16-/m1/s1. The monoisotopic (exact) mass is 326 g/mol. The predicted octanol–water partition coefficient (Wildman–Crippen LogP) is 2.86. The molecule has 1 atom stereocenters. The number of hydrogen-bond donors (Lipinski definition) is 1. The summed E-state index contributed by atoms with van der Waals surface area (Å²) in [6.45, 7) is 4.11. The fourth-order valence-corrected chi connectivity index (χ4v) is 4.47. The third-order valence-corrected chi connectivity index (χ3v) is 5.85. The number of fused-ring (bicyclic) bond motifs is 1. The largest absolute Gasteiger partial charge is 0.344 e. The van der Waals surface area contributed by atoms with E-state index in [9.17, 15) is 0 Å². The first-order valence-electron chi connectivity index (χ1n) is 9.51. The van der Waals surface area contributed by atoms with E-state index in [-0.39, 0.29) is 0 Å². The predicted molar refractivity (Wildman–Crippen MR) is 90.6 cm³/mol. The summed E-state index contributed by atoms with van der Waals surface area (Å²) < 4.78 is 2.36. The second-order valence-electron chi connectivity index (χ2n) is 7.65. The van der Waals surface area contributed by atoms with Crippen molar-refractivity contribution >= 4 is 0 Å². The molecule has 2 aromatic heterocycles. The molecule has 2 aliphatic carbocycles. The maximum absolute atomic E-state index is 4.96. The summed E-state index contributed by atoms with van der Waals surface area (Å²) in [4.78, 5) is 11.2. The average Bonchev–Trinajstić information content (AvgIpc) is 3.02. The van der Waals surface area contributed by atoms with Gasteiger partial charge in [0.1, 0.15) is 17.5 Å². The average molecular weight is 326 g/mol. The zero-order valence-corrected chi connectivity index (χ0v) is 14.5. The van der Waals surface area contributed by atoms with Gasteiger partial charge in [0.2, 0.25) is 0 Å². The van der Waals surface area contributed by atoms with Crippen molar-refractivity contribution in [1.82, 2.24) is 29.6 Å². The van der Waals surface area contributed by atoms with Crippen molar-refractivity contribution in [3.63, 3.8) is 0 Å². The molecule has 1 aliphatic heterocycles. The number of hydrogen-bond acceptors (Lipinski definition) is 4. The lowest BCUT2D eigenvalue weighted by molar-refractivity contribution is 0.231. The minimum absolute atomic E-state index is 0.417. The minimum atomic E-state index is 0.417. The molecule has 6 heteroatoms. The van der Waals surface area contributed by atoms with Crippen LogP contribution in [0, 0.1) is 6.92 Å². The van der Waals surface area contributed by atoms with E-state index in [1.165, 1.54) is 62.2 Å². The molecule has 2 aromatic rings. The Kier molecular flexibility index (Phi) is 3.47. The fraction of sp³-hybridized carbons (Fsp3) is 0.722. The van der Waals surface area contributed by atoms with Crippen LogP contribution < -0.4 is 0 Å². The molecule has 2 fully saturated rings. The van der Waals surface area contributed by atoms with Crippen LogP contribution in [0.2, 0.25) is 0 Å². The number of imidazole rings is 1. The molecule has 0 radical (unpaired) electrons. The van der Waals surface area contributed by atoms with Gasteiger partial charge >= 0.3 is 0 Å². The van der Waals surface area contributed by atoms with Crippen LogP contribution in [0.15, 0.2) is 0 Å². The molecule has 0 amide bonds. The van der Waals surface area contributed by atoms with Gasteiger partial charge in [-0.2, -0.15) is 0 Å². The summed E-state index contributed by atoms with van der Waals surface area (Å²) in [7, 11) is 0. The highest BCUT2D eigenvalue weighted by Gasteiger charge is 2.33. The van der Waals surface area contributed by atoms with Gasteiger partial charge in [-0.25, -0.2) is 4.98 Å². The molecule has 24 heavy (non-hydrogen) atoms. The van der Waals surface area contributed by atoms with Crippen LogP contribution in [0.4, 0.5) is 0 Å². The lowest BCUT2D eigenvalue weighted by Gasteiger charge is -2.22. The SMILES string of the molecule is Cc1nnc(CN2CCC[C@@H]2c2nc3c([nH]2)CCCC3)n1C1CC1. The lowest BCUT2D eigenvalue weighted by atomic mass is 10.0. The van der Waals surface area contributed by atoms with Crippen LogP contribution in [0.25, 0.3) is 0 Å². The van der Waals surface area contributed by atoms with Crippen LogP contribution >= 0.6 is 0 Å². The van der Waals surface area contributed by atoms with Crippen molar-refractivity contribution in [3.05, 3.63) is 28.9 Å². The van der Waals surface area contributed by atoms with Gasteiger partial charge in [-0.1, -0.05) is 0 Å². The number of aromatic amines is 1. The molecular formula is C18H26N6. The van der Waals surface area contributed by atoms with Gasteiger partial charge in [0.25, 0.3) is 0 Å². The fourth-order valence-electron chi connectivity index (χ4n) is 4.47. The van der Waals surface area contributed by atoms with Gasteiger partial charge in [0, 0.05) is 11.7 Å². The first-order chi connectivity index (χ1) is 11.8. The molecule has 0 unspecified atom stereocenters. The Labute approximate surface area is 142 Å². The summed E-state index contributed by atoms with van der Waals surface area (Å²) in [6, 6.07) is 1.06. The molecule has 6 nitrogen and oxygen atoms in total. The van der Waals surface area contributed by atoms with Crippen molar-refractivity contribution < 1.29 is 0 Å². The Morgan fingerprint density at radius 2 is 1.96 bits per heavy atom. The van der Waals surface area contributed by atoms with Crippen molar-refractivity contribution in [2.24, 2.45) is 0 Å². The molecule has 3 heterocycles. The third kappa shape index (κ3) is 2.48. The molecule has 5 rings (SSSR count). The number of rotatable bonds is 4. The Morgan fingerprint density at radius 1 is 1.08 bits per heavy atom. The van der Waals surface area contributed by atoms with Crippen LogP contribution in [-0.4, -0.2) is 36.2 Å². The highest BCUT2D eigenvalue weighted by molar-refractivity contribution is 5.19. The van der Waals surface area contributed by atoms with Crippen molar-refractivity contribution in [2.45, 2.75) is 76.9 Å². The van der Waals surface area contributed by atoms with Gasteiger partial charge in [-0.15, -0.1) is 10.2 Å². The summed E-state index contributed by atoms with van der Waals surface area (Å²) >= 11 is 0. The zero-order chi connectivity index (χ0) is 16.1. The van der Waals surface area contributed by atoms with E-state index < -0.39 is 0 Å². The molecule has 1 saturated heterocycles. The first-order valence-corrected chi connectivity index (χ1v) is 9.51. The Bertz CT molecular complexity index is 717. The zero-order valence-electron chi connectivity index (χ0n) is 14.5. The maximum atomic E-state index is 4.96. The highest BCUT2D eigenvalue weighted by atomic mass is 15.3. The van der Waals surface area contributed by atoms with E-state index in [2.05, 4.69) is 31.6 Å². The second-order valence-corrected chi connectivity index (χ2v) is 7.65. The Balaban J connectivity index is 1.39. The number of likely N-dealkylation sites (tertiary alicyclic amines) is 1. The van der Waals surface area contributed by atoms with Gasteiger partial charge in [0.15, 0.2) is 0 Å². The van der Waals surface area contributed by atoms with Gasteiger partial charge in [0.05, 0.1) is 18.3 Å². The number of nitrogens with zero attached hydrogens (tertiary/aromatic N) is 5. The minimum Gasteiger partial charge on any atom is -0.344 e. The molecule has 0 spiro atoms. The van der Waals surface area contributed by atoms with Crippen molar-refractivity contribution in [2.75, 3.05) is 6.54 Å². The van der Waals surface area contributed by atoms with Crippen molar-refractivity contribution in [1.29, 1.82) is 0 Å². The Hall–Kier alpha value is -1.69. The van der Waals surface area contributed by atoms with Gasteiger partial charge < -0.3 is 9.55 Å². The van der Waals surface area contributed by atoms with E-state index in [0.29, 0.717) is 12.1 Å². The molecule has 0 bridgehead atoms. The van der Waals surface area contributed by atoms with Crippen LogP contribution in [0.3, 0.4) is 0 Å². The number of aryl methyl sites for hydroxylation is 3. The van der Waals surface area contributed by atoms with E-state index >= 15 is 0 Å². The van der Waals surface area contributed by atoms with E-state index in [1.54, 1.807) is 0 Å². The van der Waals surface area contributed by atoms with Gasteiger partial charge in [-0.3, -0.25) is 4.90 Å². The lowest BCUT2D eigenvalue weighted by Crippen LogP contribution is -2.25. The van der Waals surface area contributed by atoms with E-state index in [0.717, 1.165) is 31.2 Å². The smallest absolute Gasteiger partial charge is 0.147 e. The number of nitrogens with one attached hydrogen (secondary N) is 1. The summed E-state index contributed by atoms with van der Waals surface area (Å²) in [5, 5.41) is 8.81. The van der Waals surface area contributed by atoms with Crippen LogP contribution in [-0.2, 0) is 19.4 Å². The second kappa shape index (κ2) is 5.69. The van der Waals surface area contributed by atoms with Crippen molar-refractivity contribution in [3.8, 4) is 0 Å². The quantitative estimate of drug-likeness (QED) is 0.938. The normalized spacial score (nSPS) is 24.5. The topological polar surface area (TPSA) is 62.6 Å². The molecule has 0 aromatic carbocycles. The number of H-pyrrole nitrogens is 1. The highest BCUT2D eigenvalue weighted by Crippen LogP contribution is 2.38. The molecule has 3 aliphatic rings. The molecule has 1 saturated carbocycles. The van der Waals surface area contributed by atoms with Gasteiger partial charge in [-0.05, 0) is 64.8 Å². The summed E-state index contributed by atoms with van der Waals surface area (Å²) in [5.41, 5.74) is 2.71. The maximum Gasteiger partial charge on any atom is 0.147 e. The molecular weight excluding hydrogens is 300 g/mol. The van der Waals surface area contributed by atoms with E-state index in [1.807, 2.05) is 0 Å². The first kappa shape index (κ1) is 14.6. The Morgan fingerprint density at radius 3 is 2.79 bits per heavy atom. The molecule has 128 valence electrons. The number of aromatic nitrogens is 5. The van der Waals surface area contributed by atoms with Crippen LogP contribution in [0.5, 0.6) is 0 Å². The van der Waals surface area contributed by atoms with E-state index in [4.69, 9.17) is 4.98 Å². The molecule has 1 N–H and O–H groups in total. The summed E-state index contributed by atoms with van der Waals surface area (Å²) in [5.74, 6) is 3.39. The third-order valence-electron chi connectivity index (χ3n) is 5.85. The summed E-state index contributed by atoms with van der Waals surface area (Å²) in [6.07, 6.45) is 9.90.